The maximum Gasteiger partial charge on any atom is 0.171 e. The predicted molar refractivity (Wildman–Crippen MR) is 88.5 cm³/mol. The van der Waals surface area contributed by atoms with Crippen LogP contribution in [0.4, 0.5) is 5.69 Å². The summed E-state index contributed by atoms with van der Waals surface area (Å²) in [5, 5.41) is 7.50. The molecule has 0 bridgehead atoms. The third-order valence-electron chi connectivity index (χ3n) is 4.04. The van der Waals surface area contributed by atoms with Gasteiger partial charge in [-0.1, -0.05) is 19.8 Å². The van der Waals surface area contributed by atoms with E-state index in [1.807, 2.05) is 31.2 Å². The van der Waals surface area contributed by atoms with Gasteiger partial charge in [-0.05, 0) is 62.7 Å². The first-order chi connectivity index (χ1) is 9.67. The van der Waals surface area contributed by atoms with Crippen molar-refractivity contribution in [2.75, 3.05) is 11.9 Å². The Hall–Kier alpha value is -1.29. The Morgan fingerprint density at radius 1 is 1.20 bits per heavy atom. The van der Waals surface area contributed by atoms with Crippen LogP contribution in [0.25, 0.3) is 0 Å². The van der Waals surface area contributed by atoms with Gasteiger partial charge in [0.15, 0.2) is 5.11 Å². The lowest BCUT2D eigenvalue weighted by Gasteiger charge is -2.30. The van der Waals surface area contributed by atoms with Crippen molar-refractivity contribution in [3.8, 4) is 5.75 Å². The SMILES string of the molecule is CCOc1ccc(NC(=S)NC2(CC)CCCC2)cc1. The first-order valence-corrected chi connectivity index (χ1v) is 7.90. The Balaban J connectivity index is 1.90. The highest BCUT2D eigenvalue weighted by Crippen LogP contribution is 2.32. The van der Waals surface area contributed by atoms with E-state index in [4.69, 9.17) is 17.0 Å². The van der Waals surface area contributed by atoms with Crippen molar-refractivity contribution in [1.82, 2.24) is 5.32 Å². The summed E-state index contributed by atoms with van der Waals surface area (Å²) in [6, 6.07) is 7.90. The summed E-state index contributed by atoms with van der Waals surface area (Å²) in [7, 11) is 0. The van der Waals surface area contributed by atoms with Crippen molar-refractivity contribution in [3.63, 3.8) is 0 Å². The monoisotopic (exact) mass is 292 g/mol. The van der Waals surface area contributed by atoms with Crippen molar-refractivity contribution >= 4 is 23.0 Å². The van der Waals surface area contributed by atoms with Crippen LogP contribution in [-0.2, 0) is 0 Å². The van der Waals surface area contributed by atoms with Crippen molar-refractivity contribution in [2.45, 2.75) is 51.5 Å². The number of thiocarbonyl (C=S) groups is 1. The standard InChI is InChI=1S/C16H24N2OS/c1-3-16(11-5-6-12-16)18-15(20)17-13-7-9-14(10-8-13)19-4-2/h7-10H,3-6,11-12H2,1-2H3,(H2,17,18,20). The molecule has 0 radical (unpaired) electrons. The molecule has 3 nitrogen and oxygen atoms in total. The minimum Gasteiger partial charge on any atom is -0.494 e. The summed E-state index contributed by atoms with van der Waals surface area (Å²) in [6.07, 6.45) is 6.15. The molecule has 0 unspecified atom stereocenters. The lowest BCUT2D eigenvalue weighted by molar-refractivity contribution is 0.340. The van der Waals surface area contributed by atoms with Gasteiger partial charge in [-0.2, -0.15) is 0 Å². The maximum absolute atomic E-state index is 5.44. The number of hydrogen-bond acceptors (Lipinski definition) is 2. The molecule has 2 rings (SSSR count). The Morgan fingerprint density at radius 2 is 1.85 bits per heavy atom. The quantitative estimate of drug-likeness (QED) is 0.801. The van der Waals surface area contributed by atoms with E-state index >= 15 is 0 Å². The summed E-state index contributed by atoms with van der Waals surface area (Å²) >= 11 is 5.44. The van der Waals surface area contributed by atoms with E-state index in [1.165, 1.54) is 25.7 Å². The van der Waals surface area contributed by atoms with Gasteiger partial charge in [-0.3, -0.25) is 0 Å². The van der Waals surface area contributed by atoms with Crippen molar-refractivity contribution in [3.05, 3.63) is 24.3 Å². The second kappa shape index (κ2) is 6.93. The molecule has 1 aromatic rings. The van der Waals surface area contributed by atoms with Crippen LogP contribution in [-0.4, -0.2) is 17.3 Å². The molecule has 0 saturated heterocycles. The molecule has 0 heterocycles. The average Bonchev–Trinajstić information content (AvgIpc) is 2.90. The summed E-state index contributed by atoms with van der Waals surface area (Å²) in [5.74, 6) is 0.887. The molecule has 20 heavy (non-hydrogen) atoms. The third-order valence-corrected chi connectivity index (χ3v) is 4.24. The van der Waals surface area contributed by atoms with Crippen LogP contribution in [0.1, 0.15) is 46.0 Å². The molecular formula is C16H24N2OS. The van der Waals surface area contributed by atoms with Gasteiger partial charge in [0.05, 0.1) is 6.61 Å². The Morgan fingerprint density at radius 3 is 2.40 bits per heavy atom. The normalized spacial score (nSPS) is 16.7. The summed E-state index contributed by atoms with van der Waals surface area (Å²) in [6.45, 7) is 4.90. The molecule has 0 amide bonds. The Bertz CT molecular complexity index is 438. The molecule has 1 aliphatic rings. The van der Waals surface area contributed by atoms with Gasteiger partial charge in [0.25, 0.3) is 0 Å². The van der Waals surface area contributed by atoms with E-state index in [2.05, 4.69) is 17.6 Å². The van der Waals surface area contributed by atoms with E-state index < -0.39 is 0 Å². The van der Waals surface area contributed by atoms with Crippen LogP contribution in [0.15, 0.2) is 24.3 Å². The average molecular weight is 292 g/mol. The number of nitrogens with one attached hydrogen (secondary N) is 2. The van der Waals surface area contributed by atoms with Crippen LogP contribution < -0.4 is 15.4 Å². The first-order valence-electron chi connectivity index (χ1n) is 7.49. The maximum atomic E-state index is 5.44. The largest absolute Gasteiger partial charge is 0.494 e. The van der Waals surface area contributed by atoms with E-state index in [0.29, 0.717) is 6.61 Å². The van der Waals surface area contributed by atoms with Crippen molar-refractivity contribution < 1.29 is 4.74 Å². The Labute approximate surface area is 127 Å². The van der Waals surface area contributed by atoms with Gasteiger partial charge < -0.3 is 15.4 Å². The second-order valence-corrected chi connectivity index (χ2v) is 5.79. The molecule has 0 atom stereocenters. The summed E-state index contributed by atoms with van der Waals surface area (Å²) < 4.78 is 5.43. The zero-order valence-electron chi connectivity index (χ0n) is 12.4. The van der Waals surface area contributed by atoms with E-state index in [9.17, 15) is 0 Å². The first kappa shape index (κ1) is 15.1. The molecule has 2 N–H and O–H groups in total. The Kier molecular flexibility index (Phi) is 5.24. The van der Waals surface area contributed by atoms with E-state index in [1.54, 1.807) is 0 Å². The molecule has 0 spiro atoms. The molecule has 4 heteroatoms. The summed E-state index contributed by atoms with van der Waals surface area (Å²) in [4.78, 5) is 0. The molecule has 1 aliphatic carbocycles. The molecule has 0 aliphatic heterocycles. The molecule has 1 saturated carbocycles. The zero-order chi connectivity index (χ0) is 14.4. The van der Waals surface area contributed by atoms with Crippen LogP contribution >= 0.6 is 12.2 Å². The molecule has 1 aromatic carbocycles. The highest BCUT2D eigenvalue weighted by atomic mass is 32.1. The van der Waals surface area contributed by atoms with Crippen molar-refractivity contribution in [2.24, 2.45) is 0 Å². The lowest BCUT2D eigenvalue weighted by Crippen LogP contribution is -2.47. The van der Waals surface area contributed by atoms with Gasteiger partial charge in [-0.25, -0.2) is 0 Å². The van der Waals surface area contributed by atoms with Gasteiger partial charge in [0.2, 0.25) is 0 Å². The van der Waals surface area contributed by atoms with Gasteiger partial charge in [0.1, 0.15) is 5.75 Å². The molecular weight excluding hydrogens is 268 g/mol. The van der Waals surface area contributed by atoms with Crippen LogP contribution in [0.2, 0.25) is 0 Å². The highest BCUT2D eigenvalue weighted by molar-refractivity contribution is 7.80. The van der Waals surface area contributed by atoms with Crippen LogP contribution in [0, 0.1) is 0 Å². The minimum atomic E-state index is 0.204. The predicted octanol–water partition coefficient (Wildman–Crippen LogP) is 4.09. The van der Waals surface area contributed by atoms with Crippen molar-refractivity contribution in [1.29, 1.82) is 0 Å². The number of hydrogen-bond donors (Lipinski definition) is 2. The number of benzene rings is 1. The smallest absolute Gasteiger partial charge is 0.171 e. The third kappa shape index (κ3) is 3.85. The fraction of sp³-hybridized carbons (Fsp3) is 0.562. The molecule has 110 valence electrons. The topological polar surface area (TPSA) is 33.3 Å². The molecule has 0 aromatic heterocycles. The second-order valence-electron chi connectivity index (χ2n) is 5.38. The molecule has 1 fully saturated rings. The minimum absolute atomic E-state index is 0.204. The van der Waals surface area contributed by atoms with Gasteiger partial charge in [0, 0.05) is 11.2 Å². The van der Waals surface area contributed by atoms with Crippen LogP contribution in [0.5, 0.6) is 5.75 Å². The fourth-order valence-electron chi connectivity index (χ4n) is 2.82. The van der Waals surface area contributed by atoms with Crippen LogP contribution in [0.3, 0.4) is 0 Å². The number of anilines is 1. The van der Waals surface area contributed by atoms with Gasteiger partial charge >= 0.3 is 0 Å². The lowest BCUT2D eigenvalue weighted by atomic mass is 9.95. The van der Waals surface area contributed by atoms with E-state index in [-0.39, 0.29) is 5.54 Å². The number of ether oxygens (including phenoxy) is 1. The zero-order valence-corrected chi connectivity index (χ0v) is 13.2. The number of rotatable bonds is 5. The fourth-order valence-corrected chi connectivity index (χ4v) is 3.16. The summed E-state index contributed by atoms with van der Waals surface area (Å²) in [5.41, 5.74) is 1.20. The van der Waals surface area contributed by atoms with Gasteiger partial charge in [-0.15, -0.1) is 0 Å². The highest BCUT2D eigenvalue weighted by Gasteiger charge is 2.32. The van der Waals surface area contributed by atoms with E-state index in [0.717, 1.165) is 23.0 Å².